The van der Waals surface area contributed by atoms with Crippen LogP contribution in [-0.2, 0) is 20.7 Å². The summed E-state index contributed by atoms with van der Waals surface area (Å²) in [6.07, 6.45) is -2.62. The van der Waals surface area contributed by atoms with Gasteiger partial charge in [0.1, 0.15) is 6.04 Å². The second-order valence-corrected chi connectivity index (χ2v) is 3.08. The highest BCUT2D eigenvalue weighted by Gasteiger charge is 2.43. The van der Waals surface area contributed by atoms with E-state index in [1.165, 1.54) is 12.5 Å². The Kier molecular flexibility index (Phi) is 3.84. The van der Waals surface area contributed by atoms with Gasteiger partial charge in [-0.2, -0.15) is 13.2 Å². The third-order valence-corrected chi connectivity index (χ3v) is 1.71. The molecule has 1 aromatic heterocycles. The van der Waals surface area contributed by atoms with Crippen molar-refractivity contribution in [3.63, 3.8) is 0 Å². The SMILES string of the molecule is N[C@@H](Cc1c[nH]cn1)C(=O)OC(=O)C(F)(F)F. The standard InChI is InChI=1S/C8H8F3N3O3/c9-8(10,11)7(16)17-6(15)5(12)1-4-2-13-3-14-4/h2-3,5H,1,12H2,(H,13,14)/t5-/m0/s1. The van der Waals surface area contributed by atoms with Crippen LogP contribution in [-0.4, -0.2) is 34.1 Å². The van der Waals surface area contributed by atoms with Gasteiger partial charge in [-0.3, -0.25) is 0 Å². The predicted molar refractivity (Wildman–Crippen MR) is 47.4 cm³/mol. The number of H-pyrrole nitrogens is 1. The van der Waals surface area contributed by atoms with Gasteiger partial charge >= 0.3 is 18.1 Å². The molecule has 9 heteroatoms. The molecule has 17 heavy (non-hydrogen) atoms. The monoisotopic (exact) mass is 251 g/mol. The fourth-order valence-electron chi connectivity index (χ4n) is 0.936. The Morgan fingerprint density at radius 3 is 2.65 bits per heavy atom. The molecule has 0 aliphatic rings. The Bertz CT molecular complexity index is 402. The number of rotatable bonds is 3. The van der Waals surface area contributed by atoms with Crippen molar-refractivity contribution in [2.45, 2.75) is 18.6 Å². The fraction of sp³-hybridized carbons (Fsp3) is 0.375. The number of alkyl halides is 3. The summed E-state index contributed by atoms with van der Waals surface area (Å²) in [5.74, 6) is -4.03. The number of aromatic nitrogens is 2. The molecule has 6 nitrogen and oxygen atoms in total. The predicted octanol–water partition coefficient (Wildman–Crippen LogP) is -0.0884. The van der Waals surface area contributed by atoms with E-state index < -0.39 is 24.2 Å². The molecule has 0 bridgehead atoms. The maximum atomic E-state index is 11.8. The number of hydrogen-bond acceptors (Lipinski definition) is 5. The molecule has 1 heterocycles. The molecule has 0 unspecified atom stereocenters. The molecular formula is C8H8F3N3O3. The lowest BCUT2D eigenvalue weighted by molar-refractivity contribution is -0.202. The molecular weight excluding hydrogens is 243 g/mol. The lowest BCUT2D eigenvalue weighted by atomic mass is 10.2. The zero-order chi connectivity index (χ0) is 13.1. The minimum atomic E-state index is -5.22. The van der Waals surface area contributed by atoms with Gasteiger partial charge in [0, 0.05) is 12.6 Å². The molecule has 0 saturated carbocycles. The summed E-state index contributed by atoms with van der Waals surface area (Å²) < 4.78 is 38.9. The van der Waals surface area contributed by atoms with Crippen LogP contribution in [0.4, 0.5) is 13.2 Å². The first-order chi connectivity index (χ1) is 7.80. The highest BCUT2D eigenvalue weighted by atomic mass is 19.4. The molecule has 0 fully saturated rings. The van der Waals surface area contributed by atoms with Gasteiger partial charge in [-0.1, -0.05) is 0 Å². The molecule has 0 amide bonds. The molecule has 94 valence electrons. The highest BCUT2D eigenvalue weighted by molar-refractivity contribution is 5.90. The van der Waals surface area contributed by atoms with Crippen LogP contribution in [0.15, 0.2) is 12.5 Å². The zero-order valence-corrected chi connectivity index (χ0v) is 8.32. The summed E-state index contributed by atoms with van der Waals surface area (Å²) in [4.78, 5) is 27.6. The topological polar surface area (TPSA) is 98.1 Å². The number of hydrogen-bond donors (Lipinski definition) is 2. The van der Waals surface area contributed by atoms with E-state index in [0.717, 1.165) is 0 Å². The quantitative estimate of drug-likeness (QED) is 0.578. The van der Waals surface area contributed by atoms with Crippen molar-refractivity contribution in [1.29, 1.82) is 0 Å². The maximum absolute atomic E-state index is 11.8. The first-order valence-corrected chi connectivity index (χ1v) is 4.37. The van der Waals surface area contributed by atoms with E-state index >= 15 is 0 Å². The molecule has 0 aromatic carbocycles. The Balaban J connectivity index is 2.51. The maximum Gasteiger partial charge on any atom is 0.491 e. The molecule has 0 aliphatic heterocycles. The number of esters is 2. The molecule has 1 rings (SSSR count). The van der Waals surface area contributed by atoms with Gasteiger partial charge in [-0.15, -0.1) is 0 Å². The summed E-state index contributed by atoms with van der Waals surface area (Å²) >= 11 is 0. The highest BCUT2D eigenvalue weighted by Crippen LogP contribution is 2.16. The van der Waals surface area contributed by atoms with E-state index in [0.29, 0.717) is 5.69 Å². The number of carbonyl (C=O) groups is 2. The minimum Gasteiger partial charge on any atom is -0.385 e. The van der Waals surface area contributed by atoms with Crippen LogP contribution < -0.4 is 5.73 Å². The van der Waals surface area contributed by atoms with Crippen molar-refractivity contribution in [2.24, 2.45) is 5.73 Å². The lowest BCUT2D eigenvalue weighted by Crippen LogP contribution is -2.39. The molecule has 0 saturated heterocycles. The molecule has 1 atom stereocenters. The lowest BCUT2D eigenvalue weighted by Gasteiger charge is -2.09. The van der Waals surface area contributed by atoms with Gasteiger partial charge < -0.3 is 15.5 Å². The van der Waals surface area contributed by atoms with E-state index in [9.17, 15) is 22.8 Å². The van der Waals surface area contributed by atoms with Gasteiger partial charge in [0.15, 0.2) is 0 Å². The van der Waals surface area contributed by atoms with Crippen molar-refractivity contribution in [1.82, 2.24) is 9.97 Å². The molecule has 3 N–H and O–H groups in total. The Labute approximate surface area is 93.0 Å². The van der Waals surface area contributed by atoms with E-state index in [4.69, 9.17) is 5.73 Å². The first kappa shape index (κ1) is 13.2. The number of imidazole rings is 1. The molecule has 0 aliphatic carbocycles. The van der Waals surface area contributed by atoms with Crippen molar-refractivity contribution < 1.29 is 27.5 Å². The largest absolute Gasteiger partial charge is 0.491 e. The number of halogens is 3. The van der Waals surface area contributed by atoms with Crippen LogP contribution in [0.25, 0.3) is 0 Å². The number of ether oxygens (including phenoxy) is 1. The van der Waals surface area contributed by atoms with Crippen LogP contribution in [0, 0.1) is 0 Å². The first-order valence-electron chi connectivity index (χ1n) is 4.37. The number of carbonyl (C=O) groups excluding carboxylic acids is 2. The van der Waals surface area contributed by atoms with Crippen LogP contribution in [0.3, 0.4) is 0 Å². The van der Waals surface area contributed by atoms with Crippen molar-refractivity contribution >= 4 is 11.9 Å². The number of nitrogens with two attached hydrogens (primary N) is 1. The summed E-state index contributed by atoms with van der Waals surface area (Å²) in [6.45, 7) is 0. The van der Waals surface area contributed by atoms with E-state index in [1.807, 2.05) is 0 Å². The Morgan fingerprint density at radius 1 is 1.53 bits per heavy atom. The van der Waals surface area contributed by atoms with Crippen LogP contribution in [0.1, 0.15) is 5.69 Å². The number of nitrogens with one attached hydrogen (secondary N) is 1. The van der Waals surface area contributed by atoms with E-state index in [-0.39, 0.29) is 6.42 Å². The van der Waals surface area contributed by atoms with Crippen LogP contribution in [0.5, 0.6) is 0 Å². The summed E-state index contributed by atoms with van der Waals surface area (Å²) in [6, 6.07) is -1.38. The minimum absolute atomic E-state index is 0.131. The van der Waals surface area contributed by atoms with Gasteiger partial charge in [-0.25, -0.2) is 14.6 Å². The summed E-state index contributed by atoms with van der Waals surface area (Å²) in [7, 11) is 0. The second-order valence-electron chi connectivity index (χ2n) is 3.08. The molecule has 0 spiro atoms. The Morgan fingerprint density at radius 2 is 2.18 bits per heavy atom. The van der Waals surface area contributed by atoms with Gasteiger partial charge in [0.05, 0.1) is 12.0 Å². The van der Waals surface area contributed by atoms with Gasteiger partial charge in [0.25, 0.3) is 0 Å². The third-order valence-electron chi connectivity index (χ3n) is 1.71. The van der Waals surface area contributed by atoms with Crippen LogP contribution in [0.2, 0.25) is 0 Å². The molecule has 1 aromatic rings. The zero-order valence-electron chi connectivity index (χ0n) is 8.32. The van der Waals surface area contributed by atoms with E-state index in [1.54, 1.807) is 0 Å². The average Bonchev–Trinajstić information content (AvgIpc) is 2.68. The van der Waals surface area contributed by atoms with Crippen molar-refractivity contribution in [2.75, 3.05) is 0 Å². The fourth-order valence-corrected chi connectivity index (χ4v) is 0.936. The number of nitrogens with zero attached hydrogens (tertiary/aromatic N) is 1. The van der Waals surface area contributed by atoms with Crippen LogP contribution >= 0.6 is 0 Å². The number of aromatic amines is 1. The summed E-state index contributed by atoms with van der Waals surface area (Å²) in [5.41, 5.74) is 5.62. The van der Waals surface area contributed by atoms with Gasteiger partial charge in [0.2, 0.25) is 0 Å². The van der Waals surface area contributed by atoms with E-state index in [2.05, 4.69) is 14.7 Å². The smallest absolute Gasteiger partial charge is 0.385 e. The Hall–Kier alpha value is -1.90. The summed E-state index contributed by atoms with van der Waals surface area (Å²) in [5, 5.41) is 0. The van der Waals surface area contributed by atoms with Crippen molar-refractivity contribution in [3.05, 3.63) is 18.2 Å². The molecule has 0 radical (unpaired) electrons. The van der Waals surface area contributed by atoms with Crippen molar-refractivity contribution in [3.8, 4) is 0 Å². The normalized spacial score (nSPS) is 13.2. The third kappa shape index (κ3) is 3.87. The average molecular weight is 251 g/mol. The second kappa shape index (κ2) is 4.95. The van der Waals surface area contributed by atoms with Gasteiger partial charge in [-0.05, 0) is 0 Å².